The maximum atomic E-state index is 13.6. The van der Waals surface area contributed by atoms with Crippen LogP contribution in [-0.2, 0) is 26.5 Å². The van der Waals surface area contributed by atoms with Crippen molar-refractivity contribution in [3.63, 3.8) is 0 Å². The van der Waals surface area contributed by atoms with E-state index in [9.17, 15) is 21.2 Å². The highest BCUT2D eigenvalue weighted by Gasteiger charge is 2.27. The second-order valence-electron chi connectivity index (χ2n) is 6.32. The van der Waals surface area contributed by atoms with E-state index in [1.54, 1.807) is 19.1 Å². The summed E-state index contributed by atoms with van der Waals surface area (Å²) in [6.07, 6.45) is 1.27. The molecule has 0 amide bonds. The van der Waals surface area contributed by atoms with Crippen LogP contribution in [0.3, 0.4) is 0 Å². The number of anilines is 2. The Hall–Kier alpha value is -2.33. The maximum Gasteiger partial charge on any atom is 0.265 e. The third-order valence-corrected chi connectivity index (χ3v) is 7.71. The minimum atomic E-state index is -4.10. The summed E-state index contributed by atoms with van der Waals surface area (Å²) in [6, 6.07) is 7.92. The molecule has 2 aromatic rings. The lowest BCUT2D eigenvalue weighted by molar-refractivity contribution is 0.401. The summed E-state index contributed by atoms with van der Waals surface area (Å²) in [5, 5.41) is 0. The van der Waals surface area contributed by atoms with Gasteiger partial charge in [0, 0.05) is 12.2 Å². The van der Waals surface area contributed by atoms with Crippen LogP contribution in [0.4, 0.5) is 15.8 Å². The number of nitrogens with zero attached hydrogens (tertiary/aromatic N) is 1. The van der Waals surface area contributed by atoms with Gasteiger partial charge in [0.25, 0.3) is 10.0 Å². The Morgan fingerprint density at radius 3 is 2.57 bits per heavy atom. The van der Waals surface area contributed by atoms with Crippen molar-refractivity contribution in [1.29, 1.82) is 0 Å². The molecule has 10 heteroatoms. The second kappa shape index (κ2) is 7.59. The van der Waals surface area contributed by atoms with Gasteiger partial charge in [0.2, 0.25) is 10.0 Å². The highest BCUT2D eigenvalue weighted by molar-refractivity contribution is 7.93. The first-order valence-corrected chi connectivity index (χ1v) is 11.8. The number of hydrogen-bond acceptors (Lipinski definition) is 5. The van der Waals surface area contributed by atoms with Gasteiger partial charge in [-0.25, -0.2) is 21.2 Å². The fourth-order valence-electron chi connectivity index (χ4n) is 3.14. The van der Waals surface area contributed by atoms with Crippen molar-refractivity contribution in [3.05, 3.63) is 47.8 Å². The lowest BCUT2D eigenvalue weighted by Gasteiger charge is -2.30. The van der Waals surface area contributed by atoms with E-state index >= 15 is 0 Å². The normalized spacial score (nSPS) is 14.5. The molecule has 0 saturated carbocycles. The maximum absolute atomic E-state index is 13.6. The topological polar surface area (TPSA) is 92.8 Å². The van der Waals surface area contributed by atoms with E-state index in [1.807, 2.05) is 0 Å². The number of aryl methyl sites for hydroxylation is 1. The Morgan fingerprint density at radius 2 is 1.89 bits per heavy atom. The first kappa shape index (κ1) is 20.4. The van der Waals surface area contributed by atoms with Gasteiger partial charge in [0.15, 0.2) is 0 Å². The highest BCUT2D eigenvalue weighted by atomic mass is 32.2. The summed E-state index contributed by atoms with van der Waals surface area (Å²) in [6.45, 7) is 1.98. The summed E-state index contributed by atoms with van der Waals surface area (Å²) in [5.74, 6) is -0.695. The van der Waals surface area contributed by atoms with Crippen LogP contribution in [0.5, 0.6) is 5.75 Å². The van der Waals surface area contributed by atoms with Crippen LogP contribution in [-0.4, -0.2) is 36.2 Å². The largest absolute Gasteiger partial charge is 0.495 e. The number of ether oxygens (including phenoxy) is 1. The molecule has 152 valence electrons. The minimum absolute atomic E-state index is 0.0137. The molecule has 0 aliphatic carbocycles. The molecule has 7 nitrogen and oxygen atoms in total. The van der Waals surface area contributed by atoms with Gasteiger partial charge in [-0.2, -0.15) is 0 Å². The van der Waals surface area contributed by atoms with Gasteiger partial charge in [-0.1, -0.05) is 0 Å². The molecule has 1 aliphatic rings. The number of hydrogen-bond donors (Lipinski definition) is 1. The number of methoxy groups -OCH3 is 1. The van der Waals surface area contributed by atoms with E-state index in [-0.39, 0.29) is 22.1 Å². The fraction of sp³-hybridized carbons (Fsp3) is 0.333. The highest BCUT2D eigenvalue weighted by Crippen LogP contribution is 2.33. The van der Waals surface area contributed by atoms with Crippen LogP contribution in [0.1, 0.15) is 18.9 Å². The monoisotopic (exact) mass is 428 g/mol. The first-order chi connectivity index (χ1) is 13.2. The van der Waals surface area contributed by atoms with Crippen LogP contribution in [0.2, 0.25) is 0 Å². The molecule has 0 radical (unpaired) electrons. The van der Waals surface area contributed by atoms with Crippen molar-refractivity contribution in [1.82, 2.24) is 0 Å². The fourth-order valence-corrected chi connectivity index (χ4v) is 5.57. The number of rotatable bonds is 6. The lowest BCUT2D eigenvalue weighted by atomic mass is 10.0. The predicted octanol–water partition coefficient (Wildman–Crippen LogP) is 2.74. The van der Waals surface area contributed by atoms with Crippen LogP contribution in [0.15, 0.2) is 41.3 Å². The molecule has 0 bridgehead atoms. The zero-order valence-corrected chi connectivity index (χ0v) is 17.1. The Labute approximate surface area is 164 Å². The zero-order valence-electron chi connectivity index (χ0n) is 15.5. The van der Waals surface area contributed by atoms with Gasteiger partial charge >= 0.3 is 0 Å². The molecule has 1 aliphatic heterocycles. The molecule has 3 rings (SSSR count). The molecule has 0 unspecified atom stereocenters. The quantitative estimate of drug-likeness (QED) is 0.764. The SMILES string of the molecule is CCS(=O)(=O)N1CCCc2cc(NS(=O)(=O)c3cc(F)ccc3OC)ccc21. The summed E-state index contributed by atoms with van der Waals surface area (Å²) >= 11 is 0. The van der Waals surface area contributed by atoms with Gasteiger partial charge in [-0.05, 0) is 61.7 Å². The molecule has 2 aromatic carbocycles. The van der Waals surface area contributed by atoms with E-state index < -0.39 is 25.9 Å². The smallest absolute Gasteiger partial charge is 0.265 e. The summed E-state index contributed by atoms with van der Waals surface area (Å²) in [7, 11) is -6.20. The van der Waals surface area contributed by atoms with Gasteiger partial charge in [-0.3, -0.25) is 9.03 Å². The van der Waals surface area contributed by atoms with Crippen molar-refractivity contribution in [2.75, 3.05) is 28.4 Å². The van der Waals surface area contributed by atoms with Crippen molar-refractivity contribution < 1.29 is 26.0 Å². The Bertz CT molecular complexity index is 1100. The predicted molar refractivity (Wildman–Crippen MR) is 105 cm³/mol. The van der Waals surface area contributed by atoms with Crippen molar-refractivity contribution in [2.45, 2.75) is 24.7 Å². The molecule has 0 atom stereocenters. The number of sulfonamides is 2. The minimum Gasteiger partial charge on any atom is -0.495 e. The molecular weight excluding hydrogens is 407 g/mol. The van der Waals surface area contributed by atoms with Crippen molar-refractivity contribution in [3.8, 4) is 5.75 Å². The Kier molecular flexibility index (Phi) is 5.53. The van der Waals surface area contributed by atoms with Gasteiger partial charge in [0.1, 0.15) is 16.5 Å². The molecule has 1 N–H and O–H groups in total. The van der Waals surface area contributed by atoms with E-state index in [0.717, 1.165) is 17.7 Å². The molecular formula is C18H21FN2O5S2. The molecule has 0 saturated heterocycles. The van der Waals surface area contributed by atoms with E-state index in [2.05, 4.69) is 4.72 Å². The second-order valence-corrected chi connectivity index (χ2v) is 10.2. The van der Waals surface area contributed by atoms with Crippen molar-refractivity contribution in [2.24, 2.45) is 0 Å². The van der Waals surface area contributed by atoms with Gasteiger partial charge in [-0.15, -0.1) is 0 Å². The van der Waals surface area contributed by atoms with E-state index in [0.29, 0.717) is 25.1 Å². The van der Waals surface area contributed by atoms with Gasteiger partial charge in [0.05, 0.1) is 18.6 Å². The van der Waals surface area contributed by atoms with E-state index in [1.165, 1.54) is 23.5 Å². The lowest BCUT2D eigenvalue weighted by Crippen LogP contribution is -2.36. The first-order valence-electron chi connectivity index (χ1n) is 8.67. The third kappa shape index (κ3) is 3.93. The number of benzene rings is 2. The van der Waals surface area contributed by atoms with Crippen LogP contribution in [0.25, 0.3) is 0 Å². The summed E-state index contributed by atoms with van der Waals surface area (Å²) in [4.78, 5) is -0.317. The average Bonchev–Trinajstić information content (AvgIpc) is 2.67. The van der Waals surface area contributed by atoms with Gasteiger partial charge < -0.3 is 4.74 Å². The van der Waals surface area contributed by atoms with E-state index in [4.69, 9.17) is 4.74 Å². The zero-order chi connectivity index (χ0) is 20.5. The number of fused-ring (bicyclic) bond motifs is 1. The van der Waals surface area contributed by atoms with Crippen LogP contribution >= 0.6 is 0 Å². The number of nitrogens with one attached hydrogen (secondary N) is 1. The molecule has 0 fully saturated rings. The summed E-state index contributed by atoms with van der Waals surface area (Å²) < 4.78 is 72.3. The molecule has 28 heavy (non-hydrogen) atoms. The average molecular weight is 429 g/mol. The van der Waals surface area contributed by atoms with Crippen molar-refractivity contribution >= 4 is 31.4 Å². The van der Waals surface area contributed by atoms with Crippen LogP contribution in [0, 0.1) is 5.82 Å². The Morgan fingerprint density at radius 1 is 1.14 bits per heavy atom. The standard InChI is InChI=1S/C18H21FN2O5S2/c1-3-27(22,23)21-10-4-5-13-11-15(7-8-16(13)21)20-28(24,25)18-12-14(19)6-9-17(18)26-2/h6-9,11-12,20H,3-5,10H2,1-2H3. The molecule has 0 aromatic heterocycles. The summed E-state index contributed by atoms with van der Waals surface area (Å²) in [5.41, 5.74) is 1.55. The Balaban J connectivity index is 1.96. The molecule has 0 spiro atoms. The third-order valence-electron chi connectivity index (χ3n) is 4.52. The molecule has 1 heterocycles. The number of halogens is 1. The van der Waals surface area contributed by atoms with Crippen LogP contribution < -0.4 is 13.8 Å².